The van der Waals surface area contributed by atoms with Gasteiger partial charge in [0, 0.05) is 12.8 Å². The molecular formula is C7H17N5O6P2S. The van der Waals surface area contributed by atoms with Gasteiger partial charge in [-0.05, 0) is 29.8 Å². The first-order valence-electron chi connectivity index (χ1n) is 5.81. The Kier molecular flexibility index (Phi) is 6.95. The number of thioether (sulfide) groups is 1. The molecule has 0 atom stereocenters. The lowest BCUT2D eigenvalue weighted by Gasteiger charge is -2.20. The Morgan fingerprint density at radius 1 is 1.24 bits per heavy atom. The van der Waals surface area contributed by atoms with Crippen LogP contribution in [0.25, 0.3) is 0 Å². The Labute approximate surface area is 124 Å². The highest BCUT2D eigenvalue weighted by Crippen LogP contribution is 2.58. The maximum Gasteiger partial charge on any atom is 0.354 e. The summed E-state index contributed by atoms with van der Waals surface area (Å²) in [6.45, 7) is 0.0819. The van der Waals surface area contributed by atoms with Crippen molar-refractivity contribution in [2.45, 2.75) is 23.5 Å². The molecule has 0 amide bonds. The lowest BCUT2D eigenvalue weighted by Crippen LogP contribution is -2.29. The van der Waals surface area contributed by atoms with Gasteiger partial charge < -0.3 is 19.6 Å². The molecule has 0 fully saturated rings. The number of hydrogen-bond acceptors (Lipinski definition) is 7. The first kappa shape index (κ1) is 18.7. The van der Waals surface area contributed by atoms with Crippen molar-refractivity contribution in [1.82, 2.24) is 25.5 Å². The molecule has 0 aliphatic rings. The van der Waals surface area contributed by atoms with Crippen LogP contribution in [0.4, 0.5) is 0 Å². The lowest BCUT2D eigenvalue weighted by molar-refractivity contribution is 0.327. The van der Waals surface area contributed by atoms with E-state index >= 15 is 0 Å². The summed E-state index contributed by atoms with van der Waals surface area (Å²) in [6, 6.07) is 0. The number of unbranched alkanes of at least 4 members (excludes halogenated alkanes) is 1. The molecule has 122 valence electrons. The SMILES string of the molecule is Cn1nnnc1SCCCCNC(P(=O)(O)O)P(=O)(O)O. The number of hydrogen-bond donors (Lipinski definition) is 5. The minimum absolute atomic E-state index is 0.0819. The van der Waals surface area contributed by atoms with E-state index in [1.165, 1.54) is 16.4 Å². The monoisotopic (exact) mass is 361 g/mol. The van der Waals surface area contributed by atoms with Crippen LogP contribution in [0.2, 0.25) is 0 Å². The molecule has 0 aromatic carbocycles. The summed E-state index contributed by atoms with van der Waals surface area (Å²) in [6.07, 6.45) is 1.16. The average molecular weight is 361 g/mol. The van der Waals surface area contributed by atoms with E-state index in [4.69, 9.17) is 19.6 Å². The highest BCUT2D eigenvalue weighted by Gasteiger charge is 2.42. The summed E-state index contributed by atoms with van der Waals surface area (Å²) in [5, 5.41) is 13.8. The highest BCUT2D eigenvalue weighted by atomic mass is 32.2. The topological polar surface area (TPSA) is 171 Å². The van der Waals surface area contributed by atoms with E-state index in [0.717, 1.165) is 0 Å². The van der Waals surface area contributed by atoms with Gasteiger partial charge in [0.05, 0.1) is 0 Å². The molecule has 1 aromatic rings. The van der Waals surface area contributed by atoms with Crippen molar-refractivity contribution in [3.05, 3.63) is 0 Å². The van der Waals surface area contributed by atoms with Crippen LogP contribution < -0.4 is 5.32 Å². The van der Waals surface area contributed by atoms with Crippen LogP contribution in [0.3, 0.4) is 0 Å². The molecule has 0 unspecified atom stereocenters. The van der Waals surface area contributed by atoms with Gasteiger partial charge in [0.15, 0.2) is 0 Å². The molecule has 5 N–H and O–H groups in total. The molecule has 1 rings (SSSR count). The molecule has 0 bridgehead atoms. The Hall–Kier alpha value is -0.320. The quantitative estimate of drug-likeness (QED) is 0.214. The zero-order chi connectivity index (χ0) is 16.1. The second-order valence-electron chi connectivity index (χ2n) is 4.15. The van der Waals surface area contributed by atoms with E-state index in [-0.39, 0.29) is 6.54 Å². The van der Waals surface area contributed by atoms with Crippen molar-refractivity contribution < 1.29 is 28.7 Å². The minimum atomic E-state index is -4.91. The molecule has 0 spiro atoms. The van der Waals surface area contributed by atoms with Crippen molar-refractivity contribution >= 4 is 27.0 Å². The molecular weight excluding hydrogens is 344 g/mol. The molecule has 14 heteroatoms. The fourth-order valence-electron chi connectivity index (χ4n) is 1.40. The fraction of sp³-hybridized carbons (Fsp3) is 0.857. The molecule has 11 nitrogen and oxygen atoms in total. The zero-order valence-electron chi connectivity index (χ0n) is 11.1. The van der Waals surface area contributed by atoms with Crippen LogP contribution in [-0.2, 0) is 16.2 Å². The smallest absolute Gasteiger partial charge is 0.323 e. The molecule has 1 heterocycles. The van der Waals surface area contributed by atoms with Gasteiger partial charge in [-0.2, -0.15) is 0 Å². The maximum absolute atomic E-state index is 11.0. The summed E-state index contributed by atoms with van der Waals surface area (Å²) in [4.78, 5) is 35.6. The molecule has 0 saturated heterocycles. The van der Waals surface area contributed by atoms with Crippen molar-refractivity contribution in [3.63, 3.8) is 0 Å². The number of tetrazole rings is 1. The van der Waals surface area contributed by atoms with E-state index in [1.54, 1.807) is 7.05 Å². The number of rotatable bonds is 9. The molecule has 0 aliphatic carbocycles. The summed E-state index contributed by atoms with van der Waals surface area (Å²) >= 11 is 1.42. The van der Waals surface area contributed by atoms with Crippen molar-refractivity contribution in [3.8, 4) is 0 Å². The van der Waals surface area contributed by atoms with E-state index in [1.807, 2.05) is 0 Å². The number of aromatic nitrogens is 4. The third kappa shape index (κ3) is 6.54. The average Bonchev–Trinajstić information content (AvgIpc) is 2.70. The second kappa shape index (κ2) is 7.80. The molecule has 21 heavy (non-hydrogen) atoms. The predicted molar refractivity (Wildman–Crippen MR) is 74.6 cm³/mol. The fourth-order valence-corrected chi connectivity index (χ4v) is 4.55. The van der Waals surface area contributed by atoms with Crippen LogP contribution >= 0.6 is 27.0 Å². The van der Waals surface area contributed by atoms with Gasteiger partial charge in [0.1, 0.15) is 0 Å². The van der Waals surface area contributed by atoms with Crippen molar-refractivity contribution in [2.24, 2.45) is 7.05 Å². The normalized spacial score (nSPS) is 13.0. The zero-order valence-corrected chi connectivity index (χ0v) is 13.7. The predicted octanol–water partition coefficient (Wildman–Crippen LogP) is -0.689. The van der Waals surface area contributed by atoms with Crippen LogP contribution in [0.5, 0.6) is 0 Å². The standard InChI is InChI=1S/C7H17N5O6P2S/c1-12-6(9-10-11-12)21-5-3-2-4-8-7(19(13,14)15)20(16,17)18/h7-8H,2-5H2,1H3,(H2,13,14,15)(H2,16,17,18). The van der Waals surface area contributed by atoms with E-state index in [0.29, 0.717) is 23.8 Å². The van der Waals surface area contributed by atoms with Crippen molar-refractivity contribution in [2.75, 3.05) is 12.3 Å². The third-order valence-electron chi connectivity index (χ3n) is 2.35. The Morgan fingerprint density at radius 2 is 1.86 bits per heavy atom. The van der Waals surface area contributed by atoms with Gasteiger partial charge in [-0.1, -0.05) is 11.8 Å². The molecule has 0 aliphatic heterocycles. The van der Waals surface area contributed by atoms with Crippen LogP contribution in [0, 0.1) is 0 Å². The number of nitrogens with one attached hydrogen (secondary N) is 1. The first-order chi connectivity index (χ1) is 9.62. The van der Waals surface area contributed by atoms with E-state index in [9.17, 15) is 9.13 Å². The second-order valence-corrected chi connectivity index (χ2v) is 9.01. The summed E-state index contributed by atoms with van der Waals surface area (Å²) in [5.41, 5.74) is -2.15. The van der Waals surface area contributed by atoms with Gasteiger partial charge in [0.2, 0.25) is 10.7 Å². The summed E-state index contributed by atoms with van der Waals surface area (Å²) < 4.78 is 23.5. The Balaban J connectivity index is 2.28. The first-order valence-corrected chi connectivity index (χ1v) is 10.2. The van der Waals surface area contributed by atoms with Crippen LogP contribution in [0.1, 0.15) is 12.8 Å². The van der Waals surface area contributed by atoms with E-state index in [2.05, 4.69) is 20.8 Å². The molecule has 1 aromatic heterocycles. The Bertz CT molecular complexity index is 521. The van der Waals surface area contributed by atoms with Gasteiger partial charge in [-0.3, -0.25) is 14.4 Å². The highest BCUT2D eigenvalue weighted by molar-refractivity contribution is 7.99. The minimum Gasteiger partial charge on any atom is -0.323 e. The van der Waals surface area contributed by atoms with Gasteiger partial charge in [-0.15, -0.1) is 5.10 Å². The third-order valence-corrected chi connectivity index (χ3v) is 6.89. The lowest BCUT2D eigenvalue weighted by atomic mass is 10.3. The molecule has 0 radical (unpaired) electrons. The number of nitrogens with zero attached hydrogens (tertiary/aromatic N) is 4. The number of aryl methyl sites for hydroxylation is 1. The van der Waals surface area contributed by atoms with Gasteiger partial charge in [0.25, 0.3) is 0 Å². The largest absolute Gasteiger partial charge is 0.354 e. The van der Waals surface area contributed by atoms with Gasteiger partial charge >= 0.3 is 15.2 Å². The van der Waals surface area contributed by atoms with Crippen LogP contribution in [0.15, 0.2) is 5.16 Å². The summed E-state index contributed by atoms with van der Waals surface area (Å²) in [5.74, 6) is 0.673. The molecule has 0 saturated carbocycles. The van der Waals surface area contributed by atoms with Crippen molar-refractivity contribution in [1.29, 1.82) is 0 Å². The van der Waals surface area contributed by atoms with Gasteiger partial charge in [-0.25, -0.2) is 4.68 Å². The maximum atomic E-state index is 11.0. The van der Waals surface area contributed by atoms with Crippen LogP contribution in [-0.4, -0.2) is 57.6 Å². The summed E-state index contributed by atoms with van der Waals surface area (Å²) in [7, 11) is -8.11. The van der Waals surface area contributed by atoms with E-state index < -0.39 is 20.7 Å². The Morgan fingerprint density at radius 3 is 2.33 bits per heavy atom.